The molecule has 0 aliphatic carbocycles. The lowest BCUT2D eigenvalue weighted by molar-refractivity contribution is -0.870. The third kappa shape index (κ3) is 41.9. The minimum absolute atomic E-state index is 0.0251. The van der Waals surface area contributed by atoms with Gasteiger partial charge >= 0.3 is 19.8 Å². The van der Waals surface area contributed by atoms with Crippen LogP contribution in [0.5, 0.6) is 0 Å². The van der Waals surface area contributed by atoms with Crippen LogP contribution in [0.2, 0.25) is 0 Å². The quantitative estimate of drug-likeness (QED) is 0.0214. The number of esters is 2. The largest absolute Gasteiger partial charge is 0.472 e. The first kappa shape index (κ1) is 54.2. The molecule has 9 nitrogen and oxygen atoms in total. The van der Waals surface area contributed by atoms with Crippen LogP contribution in [0.1, 0.15) is 194 Å². The Bertz CT molecular complexity index is 1050. The number of quaternary nitrogens is 1. The Labute approximate surface area is 344 Å². The number of likely N-dealkylation sites (N-methyl/N-ethyl adjacent to an activating group) is 1. The van der Waals surface area contributed by atoms with Gasteiger partial charge in [0.2, 0.25) is 0 Å². The number of phosphoric ester groups is 1. The predicted octanol–water partition coefficient (Wildman–Crippen LogP) is 12.9. The summed E-state index contributed by atoms with van der Waals surface area (Å²) in [7, 11) is 1.45. The first-order valence-corrected chi connectivity index (χ1v) is 24.2. The molecule has 0 aromatic carbocycles. The summed E-state index contributed by atoms with van der Waals surface area (Å²) < 4.78 is 34.3. The Kier molecular flexibility index (Phi) is 37.5. The molecule has 0 amide bonds. The van der Waals surface area contributed by atoms with Gasteiger partial charge in [0.15, 0.2) is 6.10 Å². The molecular formula is C46H87NO8P+. The van der Waals surface area contributed by atoms with E-state index in [-0.39, 0.29) is 32.0 Å². The molecule has 0 radical (unpaired) electrons. The zero-order chi connectivity index (χ0) is 41.4. The second kappa shape index (κ2) is 38.7. The lowest BCUT2D eigenvalue weighted by Crippen LogP contribution is -2.37. The molecule has 0 aliphatic heterocycles. The molecule has 0 aromatic rings. The molecule has 10 heteroatoms. The molecule has 0 rings (SSSR count). The van der Waals surface area contributed by atoms with Crippen molar-refractivity contribution in [2.45, 2.75) is 200 Å². The molecule has 328 valence electrons. The first-order valence-electron chi connectivity index (χ1n) is 22.7. The fraction of sp³-hybridized carbons (Fsp3) is 0.826. The van der Waals surface area contributed by atoms with Crippen molar-refractivity contribution in [2.75, 3.05) is 47.5 Å². The molecule has 0 aliphatic rings. The van der Waals surface area contributed by atoms with Crippen molar-refractivity contribution in [2.24, 2.45) is 0 Å². The zero-order valence-electron chi connectivity index (χ0n) is 36.9. The number of unbranched alkanes of at least 4 members (excludes halogenated alkanes) is 21. The monoisotopic (exact) mass is 813 g/mol. The SMILES string of the molecule is CCCCCCCC/C=C/C/C=C/CCCCC(=O)O[C@H](COC(=O)CCCCCCCCC/C=C/CCCCCCCC)COP(=O)(O)OCC[N+](C)(C)C. The van der Waals surface area contributed by atoms with Crippen LogP contribution in [0.4, 0.5) is 0 Å². The van der Waals surface area contributed by atoms with Crippen LogP contribution in [0.3, 0.4) is 0 Å². The van der Waals surface area contributed by atoms with Crippen molar-refractivity contribution in [3.8, 4) is 0 Å². The topological polar surface area (TPSA) is 108 Å². The summed E-state index contributed by atoms with van der Waals surface area (Å²) >= 11 is 0. The highest BCUT2D eigenvalue weighted by atomic mass is 31.2. The van der Waals surface area contributed by atoms with E-state index < -0.39 is 26.5 Å². The molecule has 2 atom stereocenters. The minimum Gasteiger partial charge on any atom is -0.462 e. The van der Waals surface area contributed by atoms with Gasteiger partial charge in [-0.1, -0.05) is 147 Å². The fourth-order valence-corrected chi connectivity index (χ4v) is 6.78. The molecular weight excluding hydrogens is 725 g/mol. The summed E-state index contributed by atoms with van der Waals surface area (Å²) in [5.74, 6) is -0.839. The molecule has 0 saturated heterocycles. The van der Waals surface area contributed by atoms with E-state index in [9.17, 15) is 19.0 Å². The summed E-state index contributed by atoms with van der Waals surface area (Å²) in [5.41, 5.74) is 0. The highest BCUT2D eigenvalue weighted by molar-refractivity contribution is 7.47. The van der Waals surface area contributed by atoms with Crippen LogP contribution in [0.25, 0.3) is 0 Å². The highest BCUT2D eigenvalue weighted by Crippen LogP contribution is 2.43. The summed E-state index contributed by atoms with van der Waals surface area (Å²) in [6.45, 7) is 4.37. The normalized spacial score (nSPS) is 13.9. The third-order valence-electron chi connectivity index (χ3n) is 9.64. The lowest BCUT2D eigenvalue weighted by Gasteiger charge is -2.24. The highest BCUT2D eigenvalue weighted by Gasteiger charge is 2.27. The Balaban J connectivity index is 4.39. The van der Waals surface area contributed by atoms with Gasteiger partial charge in [0.25, 0.3) is 0 Å². The van der Waals surface area contributed by atoms with E-state index in [0.717, 1.165) is 57.8 Å². The summed E-state index contributed by atoms with van der Waals surface area (Å²) in [5, 5.41) is 0. The Morgan fingerprint density at radius 3 is 1.46 bits per heavy atom. The fourth-order valence-electron chi connectivity index (χ4n) is 6.04. The van der Waals surface area contributed by atoms with Crippen molar-refractivity contribution in [3.63, 3.8) is 0 Å². The van der Waals surface area contributed by atoms with Gasteiger partial charge in [0.05, 0.1) is 27.7 Å². The Hall–Kier alpha value is -1.77. The van der Waals surface area contributed by atoms with Crippen molar-refractivity contribution in [3.05, 3.63) is 36.5 Å². The number of hydrogen-bond donors (Lipinski definition) is 1. The van der Waals surface area contributed by atoms with E-state index in [0.29, 0.717) is 17.4 Å². The summed E-state index contributed by atoms with van der Waals surface area (Å²) in [6.07, 6.45) is 43.3. The maximum Gasteiger partial charge on any atom is 0.472 e. The Morgan fingerprint density at radius 1 is 0.554 bits per heavy atom. The maximum atomic E-state index is 12.7. The average molecular weight is 813 g/mol. The number of rotatable bonds is 41. The van der Waals surface area contributed by atoms with Crippen molar-refractivity contribution in [1.82, 2.24) is 0 Å². The van der Waals surface area contributed by atoms with E-state index in [1.807, 2.05) is 21.1 Å². The molecule has 56 heavy (non-hydrogen) atoms. The molecule has 0 aromatic heterocycles. The van der Waals surface area contributed by atoms with E-state index in [4.69, 9.17) is 18.5 Å². The molecule has 1 unspecified atom stereocenters. The second-order valence-corrected chi connectivity index (χ2v) is 17.9. The van der Waals surface area contributed by atoms with Crippen LogP contribution >= 0.6 is 7.82 Å². The Morgan fingerprint density at radius 2 is 0.964 bits per heavy atom. The number of phosphoric acid groups is 1. The third-order valence-corrected chi connectivity index (χ3v) is 10.6. The smallest absolute Gasteiger partial charge is 0.462 e. The predicted molar refractivity (Wildman–Crippen MR) is 234 cm³/mol. The number of allylic oxidation sites excluding steroid dienone is 6. The van der Waals surface area contributed by atoms with Gasteiger partial charge in [-0.25, -0.2) is 4.57 Å². The van der Waals surface area contributed by atoms with Crippen LogP contribution in [0, 0.1) is 0 Å². The van der Waals surface area contributed by atoms with Crippen molar-refractivity contribution in [1.29, 1.82) is 0 Å². The maximum absolute atomic E-state index is 12.7. The van der Waals surface area contributed by atoms with Crippen LogP contribution in [-0.2, 0) is 32.7 Å². The molecule has 0 bridgehead atoms. The van der Waals surface area contributed by atoms with E-state index >= 15 is 0 Å². The van der Waals surface area contributed by atoms with Gasteiger partial charge in [-0.2, -0.15) is 0 Å². The van der Waals surface area contributed by atoms with Gasteiger partial charge in [-0.3, -0.25) is 18.6 Å². The van der Waals surface area contributed by atoms with Crippen LogP contribution < -0.4 is 0 Å². The lowest BCUT2D eigenvalue weighted by atomic mass is 10.1. The van der Waals surface area contributed by atoms with Crippen molar-refractivity contribution >= 4 is 19.8 Å². The first-order chi connectivity index (χ1) is 27.0. The standard InChI is InChI=1S/C46H86NO8P/c1-6-8-10-12-14-16-18-20-22-23-25-26-28-30-32-34-36-38-45(48)52-42-44(43-54-56(50,51)53-41-40-47(3,4)5)55-46(49)39-37-35-33-31-29-27-24-21-19-17-15-13-11-9-7-2/h20-22,24,29,31,44H,6-19,23,25-28,30,32-43H2,1-5H3/p+1/b22-20+,24-21+,31-29+/t44-/m1/s1. The summed E-state index contributed by atoms with van der Waals surface area (Å²) in [6, 6.07) is 0. The number of carbonyl (C=O) groups excluding carboxylic acids is 2. The molecule has 0 spiro atoms. The molecule has 0 heterocycles. The molecule has 0 fully saturated rings. The van der Waals surface area contributed by atoms with Crippen molar-refractivity contribution < 1.29 is 42.1 Å². The van der Waals surface area contributed by atoms with Gasteiger partial charge < -0.3 is 18.9 Å². The van der Waals surface area contributed by atoms with Gasteiger partial charge in [0.1, 0.15) is 19.8 Å². The number of hydrogen-bond acceptors (Lipinski definition) is 7. The average Bonchev–Trinajstić information content (AvgIpc) is 3.15. The number of nitrogens with zero attached hydrogens (tertiary/aromatic N) is 1. The van der Waals surface area contributed by atoms with Gasteiger partial charge in [-0.15, -0.1) is 0 Å². The zero-order valence-corrected chi connectivity index (χ0v) is 37.8. The minimum atomic E-state index is -4.38. The molecule has 0 saturated carbocycles. The molecule has 1 N–H and O–H groups in total. The second-order valence-electron chi connectivity index (χ2n) is 16.4. The number of carbonyl (C=O) groups is 2. The van der Waals surface area contributed by atoms with Crippen LogP contribution in [-0.4, -0.2) is 74.9 Å². The van der Waals surface area contributed by atoms with Gasteiger partial charge in [-0.05, 0) is 70.6 Å². The van der Waals surface area contributed by atoms with E-state index in [2.05, 4.69) is 50.3 Å². The number of ether oxygens (including phenoxy) is 2. The van der Waals surface area contributed by atoms with E-state index in [1.54, 1.807) is 0 Å². The summed E-state index contributed by atoms with van der Waals surface area (Å²) in [4.78, 5) is 35.4. The van der Waals surface area contributed by atoms with E-state index in [1.165, 1.54) is 103 Å². The van der Waals surface area contributed by atoms with Gasteiger partial charge in [0, 0.05) is 12.8 Å². The van der Waals surface area contributed by atoms with Crippen LogP contribution in [0.15, 0.2) is 36.5 Å².